The molecule has 0 spiro atoms. The summed E-state index contributed by atoms with van der Waals surface area (Å²) in [6.07, 6.45) is 4.54. The molecule has 2 aliphatic carbocycles. The summed E-state index contributed by atoms with van der Waals surface area (Å²) in [5.41, 5.74) is 0.130. The highest BCUT2D eigenvalue weighted by atomic mass is 16.1. The second kappa shape index (κ2) is 1.39. The van der Waals surface area contributed by atoms with Crippen LogP contribution in [0.3, 0.4) is 0 Å². The first kappa shape index (κ1) is 5.45. The molecule has 2 rings (SSSR count). The Morgan fingerprint density at radius 3 is 2.67 bits per heavy atom. The van der Waals surface area contributed by atoms with Gasteiger partial charge >= 0.3 is 0 Å². The van der Waals surface area contributed by atoms with E-state index in [9.17, 15) is 4.79 Å². The molecule has 2 aliphatic rings. The average molecular weight is 124 g/mol. The maximum absolute atomic E-state index is 11.2. The fraction of sp³-hybridized carbons (Fsp3) is 0.875. The number of hydrogen-bond donors (Lipinski definition) is 0. The Hall–Kier alpha value is -0.330. The molecule has 0 aromatic heterocycles. The summed E-state index contributed by atoms with van der Waals surface area (Å²) >= 11 is 0. The van der Waals surface area contributed by atoms with Gasteiger partial charge in [0.2, 0.25) is 0 Å². The molecule has 0 radical (unpaired) electrons. The van der Waals surface area contributed by atoms with Crippen LogP contribution < -0.4 is 0 Å². The molecule has 0 aromatic carbocycles. The van der Waals surface area contributed by atoms with Crippen LogP contribution in [0.1, 0.15) is 32.6 Å². The molecule has 9 heavy (non-hydrogen) atoms. The minimum Gasteiger partial charge on any atom is -0.299 e. The first-order valence-electron chi connectivity index (χ1n) is 3.74. The Balaban J connectivity index is 2.32. The summed E-state index contributed by atoms with van der Waals surface area (Å²) < 4.78 is 0. The van der Waals surface area contributed by atoms with E-state index in [-0.39, 0.29) is 5.41 Å². The first-order valence-corrected chi connectivity index (χ1v) is 3.74. The Bertz CT molecular complexity index is 162. The maximum Gasteiger partial charge on any atom is 0.139 e. The van der Waals surface area contributed by atoms with E-state index in [1.54, 1.807) is 0 Å². The van der Waals surface area contributed by atoms with Gasteiger partial charge in [0.25, 0.3) is 0 Å². The van der Waals surface area contributed by atoms with Crippen molar-refractivity contribution in [1.82, 2.24) is 0 Å². The van der Waals surface area contributed by atoms with Crippen molar-refractivity contribution in [3.05, 3.63) is 0 Å². The van der Waals surface area contributed by atoms with Gasteiger partial charge in [-0.05, 0) is 25.2 Å². The number of ketones is 1. The molecule has 0 amide bonds. The monoisotopic (exact) mass is 124 g/mol. The fourth-order valence-electron chi connectivity index (χ4n) is 2.30. The fourth-order valence-corrected chi connectivity index (χ4v) is 2.30. The normalized spacial score (nSPS) is 48.6. The molecule has 0 N–H and O–H groups in total. The molecule has 0 aliphatic heterocycles. The van der Waals surface area contributed by atoms with Crippen molar-refractivity contribution < 1.29 is 4.79 Å². The summed E-state index contributed by atoms with van der Waals surface area (Å²) in [4.78, 5) is 11.2. The average Bonchev–Trinajstić information content (AvgIpc) is 2.22. The van der Waals surface area contributed by atoms with Crippen LogP contribution in [0.2, 0.25) is 0 Å². The van der Waals surface area contributed by atoms with Crippen LogP contribution in [0, 0.1) is 11.3 Å². The molecule has 0 unspecified atom stereocenters. The molecule has 0 saturated heterocycles. The van der Waals surface area contributed by atoms with Crippen molar-refractivity contribution in [2.24, 2.45) is 11.3 Å². The number of fused-ring (bicyclic) bond motifs is 2. The SMILES string of the molecule is C[C@@]12CC[C@@H](CC1=O)C2. The Kier molecular flexibility index (Phi) is 0.842. The van der Waals surface area contributed by atoms with E-state index in [1.165, 1.54) is 12.8 Å². The van der Waals surface area contributed by atoms with E-state index in [0.29, 0.717) is 5.78 Å². The third-order valence-electron chi connectivity index (χ3n) is 2.99. The van der Waals surface area contributed by atoms with Gasteiger partial charge < -0.3 is 0 Å². The Labute approximate surface area is 55.4 Å². The largest absolute Gasteiger partial charge is 0.299 e. The number of hydrogen-bond acceptors (Lipinski definition) is 1. The third-order valence-corrected chi connectivity index (χ3v) is 2.99. The van der Waals surface area contributed by atoms with Crippen molar-refractivity contribution in [3.63, 3.8) is 0 Å². The number of carbonyl (C=O) groups is 1. The smallest absolute Gasteiger partial charge is 0.139 e. The van der Waals surface area contributed by atoms with Gasteiger partial charge in [-0.1, -0.05) is 6.92 Å². The quantitative estimate of drug-likeness (QED) is 0.481. The maximum atomic E-state index is 11.2. The number of Topliss-reactive ketones (excluding diaryl/α,β-unsaturated/α-hetero) is 1. The van der Waals surface area contributed by atoms with Crippen molar-refractivity contribution in [1.29, 1.82) is 0 Å². The third kappa shape index (κ3) is 0.577. The van der Waals surface area contributed by atoms with Gasteiger partial charge in [0.1, 0.15) is 5.78 Å². The highest BCUT2D eigenvalue weighted by Gasteiger charge is 2.47. The van der Waals surface area contributed by atoms with Crippen LogP contribution in [0.15, 0.2) is 0 Å². The molecule has 1 nitrogen and oxygen atoms in total. The van der Waals surface area contributed by atoms with Gasteiger partial charge in [-0.15, -0.1) is 0 Å². The Morgan fingerprint density at radius 1 is 1.67 bits per heavy atom. The van der Waals surface area contributed by atoms with Crippen LogP contribution in [0.25, 0.3) is 0 Å². The van der Waals surface area contributed by atoms with Crippen LogP contribution in [-0.4, -0.2) is 5.78 Å². The second-order valence-electron chi connectivity index (χ2n) is 3.80. The summed E-state index contributed by atoms with van der Waals surface area (Å²) in [5.74, 6) is 1.29. The highest BCUT2D eigenvalue weighted by molar-refractivity contribution is 5.87. The molecule has 0 aromatic rings. The highest BCUT2D eigenvalue weighted by Crippen LogP contribution is 2.50. The molecule has 2 fully saturated rings. The zero-order valence-electron chi connectivity index (χ0n) is 5.81. The number of carbonyl (C=O) groups excluding carboxylic acids is 1. The summed E-state index contributed by atoms with van der Waals surface area (Å²) in [6, 6.07) is 0. The van der Waals surface area contributed by atoms with E-state index < -0.39 is 0 Å². The van der Waals surface area contributed by atoms with Gasteiger partial charge in [0, 0.05) is 11.8 Å². The summed E-state index contributed by atoms with van der Waals surface area (Å²) in [7, 11) is 0. The van der Waals surface area contributed by atoms with Gasteiger partial charge in [-0.3, -0.25) is 4.79 Å². The van der Waals surface area contributed by atoms with Gasteiger partial charge in [0.05, 0.1) is 0 Å². The predicted octanol–water partition coefficient (Wildman–Crippen LogP) is 1.77. The van der Waals surface area contributed by atoms with E-state index in [4.69, 9.17) is 0 Å². The van der Waals surface area contributed by atoms with Crippen LogP contribution >= 0.6 is 0 Å². The van der Waals surface area contributed by atoms with Gasteiger partial charge in [-0.2, -0.15) is 0 Å². The predicted molar refractivity (Wildman–Crippen MR) is 35.1 cm³/mol. The zero-order chi connectivity index (χ0) is 6.48. The lowest BCUT2D eigenvalue weighted by molar-refractivity contribution is -0.126. The van der Waals surface area contributed by atoms with Crippen LogP contribution in [0.5, 0.6) is 0 Å². The van der Waals surface area contributed by atoms with Crippen molar-refractivity contribution in [2.45, 2.75) is 32.6 Å². The molecule has 50 valence electrons. The van der Waals surface area contributed by atoms with E-state index in [2.05, 4.69) is 6.92 Å². The molecule has 2 atom stereocenters. The van der Waals surface area contributed by atoms with Gasteiger partial charge in [0.15, 0.2) is 0 Å². The molecular formula is C8H12O. The summed E-state index contributed by atoms with van der Waals surface area (Å²) in [6.45, 7) is 2.13. The van der Waals surface area contributed by atoms with Crippen LogP contribution in [-0.2, 0) is 4.79 Å². The van der Waals surface area contributed by atoms with E-state index in [1.807, 2.05) is 0 Å². The zero-order valence-corrected chi connectivity index (χ0v) is 5.81. The lowest BCUT2D eigenvalue weighted by Gasteiger charge is -2.17. The second-order valence-corrected chi connectivity index (χ2v) is 3.80. The minimum atomic E-state index is 0.130. The van der Waals surface area contributed by atoms with Crippen LogP contribution in [0.4, 0.5) is 0 Å². The number of rotatable bonds is 0. The molecule has 1 heteroatoms. The van der Waals surface area contributed by atoms with E-state index in [0.717, 1.165) is 18.8 Å². The first-order chi connectivity index (χ1) is 4.21. The standard InChI is InChI=1S/C8H12O/c1-8-3-2-6(5-8)4-7(8)9/h6H,2-5H2,1H3/t6-,8-/m0/s1. The molecule has 2 bridgehead atoms. The molecule has 0 heterocycles. The lowest BCUT2D eigenvalue weighted by Crippen LogP contribution is -2.20. The van der Waals surface area contributed by atoms with Crippen molar-refractivity contribution in [2.75, 3.05) is 0 Å². The molecular weight excluding hydrogens is 112 g/mol. The van der Waals surface area contributed by atoms with Crippen molar-refractivity contribution >= 4 is 5.78 Å². The molecule has 2 saturated carbocycles. The summed E-state index contributed by atoms with van der Waals surface area (Å²) in [5, 5.41) is 0. The van der Waals surface area contributed by atoms with Gasteiger partial charge in [-0.25, -0.2) is 0 Å². The van der Waals surface area contributed by atoms with Crippen molar-refractivity contribution in [3.8, 4) is 0 Å². The topological polar surface area (TPSA) is 17.1 Å². The lowest BCUT2D eigenvalue weighted by atomic mass is 9.86. The minimum absolute atomic E-state index is 0.130. The van der Waals surface area contributed by atoms with E-state index >= 15 is 0 Å². The Morgan fingerprint density at radius 2 is 2.44 bits per heavy atom.